The quantitative estimate of drug-likeness (QED) is 0.870. The highest BCUT2D eigenvalue weighted by atomic mass is 32.1. The normalized spacial score (nSPS) is 13.5. The molecule has 19 heavy (non-hydrogen) atoms. The number of thiophene rings is 1. The molecule has 0 saturated carbocycles. The maximum Gasteiger partial charge on any atom is 0.0180 e. The fourth-order valence-electron chi connectivity index (χ4n) is 2.28. The van der Waals surface area contributed by atoms with Crippen molar-refractivity contribution >= 4 is 11.3 Å². The second-order valence-corrected chi connectivity index (χ2v) is 6.87. The molecule has 0 amide bonds. The molecule has 2 rings (SSSR count). The SMILES string of the molecule is CCc1ccc(CC(N)C(C)(C)c2ccccc2)s1. The van der Waals surface area contributed by atoms with Gasteiger partial charge in [-0.05, 0) is 30.5 Å². The highest BCUT2D eigenvalue weighted by Crippen LogP contribution is 2.29. The van der Waals surface area contributed by atoms with Gasteiger partial charge in [0.15, 0.2) is 0 Å². The van der Waals surface area contributed by atoms with Crippen molar-refractivity contribution in [3.05, 3.63) is 57.8 Å². The lowest BCUT2D eigenvalue weighted by Gasteiger charge is -2.32. The Morgan fingerprint density at radius 3 is 2.26 bits per heavy atom. The van der Waals surface area contributed by atoms with E-state index < -0.39 is 0 Å². The van der Waals surface area contributed by atoms with Gasteiger partial charge in [-0.3, -0.25) is 0 Å². The Morgan fingerprint density at radius 2 is 1.68 bits per heavy atom. The molecule has 1 aromatic carbocycles. The smallest absolute Gasteiger partial charge is 0.0180 e. The van der Waals surface area contributed by atoms with E-state index >= 15 is 0 Å². The predicted octanol–water partition coefficient (Wildman–Crippen LogP) is 4.16. The largest absolute Gasteiger partial charge is 0.327 e. The van der Waals surface area contributed by atoms with Crippen LogP contribution in [0.1, 0.15) is 36.1 Å². The number of aryl methyl sites for hydroxylation is 1. The summed E-state index contributed by atoms with van der Waals surface area (Å²) >= 11 is 1.89. The monoisotopic (exact) mass is 273 g/mol. The summed E-state index contributed by atoms with van der Waals surface area (Å²) < 4.78 is 0. The van der Waals surface area contributed by atoms with E-state index in [0.29, 0.717) is 0 Å². The molecule has 2 heteroatoms. The molecule has 0 fully saturated rings. The minimum atomic E-state index is -0.00235. The topological polar surface area (TPSA) is 26.0 Å². The summed E-state index contributed by atoms with van der Waals surface area (Å²) in [4.78, 5) is 2.84. The Morgan fingerprint density at radius 1 is 1.05 bits per heavy atom. The minimum absolute atomic E-state index is 0.00235. The van der Waals surface area contributed by atoms with Crippen LogP contribution in [0.5, 0.6) is 0 Å². The number of hydrogen-bond acceptors (Lipinski definition) is 2. The first-order chi connectivity index (χ1) is 9.04. The van der Waals surface area contributed by atoms with Gasteiger partial charge in [0.2, 0.25) is 0 Å². The molecule has 0 radical (unpaired) electrons. The lowest BCUT2D eigenvalue weighted by Crippen LogP contribution is -2.42. The van der Waals surface area contributed by atoms with Gasteiger partial charge in [0.1, 0.15) is 0 Å². The van der Waals surface area contributed by atoms with Gasteiger partial charge >= 0.3 is 0 Å². The molecule has 1 heterocycles. The molecule has 2 aromatic rings. The third kappa shape index (κ3) is 3.26. The first-order valence-electron chi connectivity index (χ1n) is 6.92. The molecule has 0 spiro atoms. The highest BCUT2D eigenvalue weighted by Gasteiger charge is 2.28. The van der Waals surface area contributed by atoms with E-state index in [-0.39, 0.29) is 11.5 Å². The standard InChI is InChI=1S/C17H23NS/c1-4-14-10-11-15(19-14)12-16(18)17(2,3)13-8-6-5-7-9-13/h5-11,16H,4,12,18H2,1-3H3. The maximum atomic E-state index is 6.47. The Hall–Kier alpha value is -1.12. The molecule has 0 saturated heterocycles. The summed E-state index contributed by atoms with van der Waals surface area (Å²) in [7, 11) is 0. The van der Waals surface area contributed by atoms with E-state index in [0.717, 1.165) is 12.8 Å². The summed E-state index contributed by atoms with van der Waals surface area (Å²) in [6.45, 7) is 6.67. The van der Waals surface area contributed by atoms with Crippen LogP contribution >= 0.6 is 11.3 Å². The van der Waals surface area contributed by atoms with Crippen LogP contribution in [0.2, 0.25) is 0 Å². The predicted molar refractivity (Wildman–Crippen MR) is 84.8 cm³/mol. The molecule has 2 N–H and O–H groups in total. The average molecular weight is 273 g/mol. The van der Waals surface area contributed by atoms with Gasteiger partial charge in [-0.25, -0.2) is 0 Å². The van der Waals surface area contributed by atoms with Gasteiger partial charge in [0.25, 0.3) is 0 Å². The number of hydrogen-bond donors (Lipinski definition) is 1. The van der Waals surface area contributed by atoms with E-state index in [1.54, 1.807) is 0 Å². The van der Waals surface area contributed by atoms with Gasteiger partial charge in [-0.2, -0.15) is 0 Å². The molecular weight excluding hydrogens is 250 g/mol. The molecule has 0 aliphatic carbocycles. The summed E-state index contributed by atoms with van der Waals surface area (Å²) in [6.07, 6.45) is 2.06. The average Bonchev–Trinajstić information content (AvgIpc) is 2.87. The summed E-state index contributed by atoms with van der Waals surface area (Å²) in [5.74, 6) is 0. The van der Waals surface area contributed by atoms with Crippen molar-refractivity contribution in [1.29, 1.82) is 0 Å². The Bertz CT molecular complexity index is 513. The van der Waals surface area contributed by atoms with E-state index in [9.17, 15) is 0 Å². The van der Waals surface area contributed by atoms with E-state index in [2.05, 4.69) is 63.2 Å². The van der Waals surface area contributed by atoms with Crippen LogP contribution in [0.4, 0.5) is 0 Å². The molecule has 1 atom stereocenters. The van der Waals surface area contributed by atoms with Crippen LogP contribution in [-0.4, -0.2) is 6.04 Å². The molecule has 102 valence electrons. The van der Waals surface area contributed by atoms with Gasteiger partial charge in [-0.1, -0.05) is 51.1 Å². The molecule has 0 bridgehead atoms. The minimum Gasteiger partial charge on any atom is -0.327 e. The van der Waals surface area contributed by atoms with Crippen molar-refractivity contribution in [3.63, 3.8) is 0 Å². The maximum absolute atomic E-state index is 6.47. The first kappa shape index (κ1) is 14.3. The number of nitrogens with two attached hydrogens (primary N) is 1. The van der Waals surface area contributed by atoms with Gasteiger partial charge < -0.3 is 5.73 Å². The van der Waals surface area contributed by atoms with Crippen molar-refractivity contribution < 1.29 is 0 Å². The van der Waals surface area contributed by atoms with Crippen LogP contribution in [0.25, 0.3) is 0 Å². The number of benzene rings is 1. The lowest BCUT2D eigenvalue weighted by molar-refractivity contribution is 0.408. The van der Waals surface area contributed by atoms with Crippen LogP contribution in [0.15, 0.2) is 42.5 Å². The summed E-state index contributed by atoms with van der Waals surface area (Å²) in [5, 5.41) is 0. The van der Waals surface area contributed by atoms with Crippen molar-refractivity contribution in [2.24, 2.45) is 5.73 Å². The van der Waals surface area contributed by atoms with E-state index in [1.165, 1.54) is 15.3 Å². The fourth-order valence-corrected chi connectivity index (χ4v) is 3.29. The van der Waals surface area contributed by atoms with E-state index in [1.807, 2.05) is 11.3 Å². The van der Waals surface area contributed by atoms with Crippen LogP contribution < -0.4 is 5.73 Å². The Balaban J connectivity index is 2.12. The van der Waals surface area contributed by atoms with Crippen molar-refractivity contribution in [2.75, 3.05) is 0 Å². The lowest BCUT2D eigenvalue weighted by atomic mass is 9.77. The third-order valence-corrected chi connectivity index (χ3v) is 5.18. The van der Waals surface area contributed by atoms with Crippen molar-refractivity contribution in [2.45, 2.75) is 45.1 Å². The molecule has 1 nitrogen and oxygen atoms in total. The zero-order valence-corrected chi connectivity index (χ0v) is 12.8. The molecule has 0 aliphatic heterocycles. The second kappa shape index (κ2) is 5.89. The van der Waals surface area contributed by atoms with Crippen LogP contribution in [0, 0.1) is 0 Å². The third-order valence-electron chi connectivity index (χ3n) is 3.93. The molecule has 0 aliphatic rings. The van der Waals surface area contributed by atoms with Crippen molar-refractivity contribution in [3.8, 4) is 0 Å². The molecule has 1 aromatic heterocycles. The Kier molecular flexibility index (Phi) is 4.43. The van der Waals surface area contributed by atoms with Gasteiger partial charge in [0, 0.05) is 21.2 Å². The number of rotatable bonds is 5. The first-order valence-corrected chi connectivity index (χ1v) is 7.74. The zero-order chi connectivity index (χ0) is 13.9. The summed E-state index contributed by atoms with van der Waals surface area (Å²) in [5.41, 5.74) is 7.79. The van der Waals surface area contributed by atoms with Crippen LogP contribution in [0.3, 0.4) is 0 Å². The van der Waals surface area contributed by atoms with E-state index in [4.69, 9.17) is 5.73 Å². The molecular formula is C17H23NS. The van der Waals surface area contributed by atoms with Gasteiger partial charge in [0.05, 0.1) is 0 Å². The van der Waals surface area contributed by atoms with Crippen LogP contribution in [-0.2, 0) is 18.3 Å². The Labute approximate surface area is 120 Å². The van der Waals surface area contributed by atoms with Gasteiger partial charge in [-0.15, -0.1) is 11.3 Å². The molecule has 1 unspecified atom stereocenters. The second-order valence-electron chi connectivity index (χ2n) is 5.62. The fraction of sp³-hybridized carbons (Fsp3) is 0.412. The van der Waals surface area contributed by atoms with Crippen molar-refractivity contribution in [1.82, 2.24) is 0 Å². The highest BCUT2D eigenvalue weighted by molar-refractivity contribution is 7.11. The zero-order valence-electron chi connectivity index (χ0n) is 12.0. The summed E-state index contributed by atoms with van der Waals surface area (Å²) in [6, 6.07) is 15.2.